The summed E-state index contributed by atoms with van der Waals surface area (Å²) >= 11 is 0. The number of anilines is 1. The molecular weight excluding hydrogens is 298 g/mol. The molecule has 0 amide bonds. The van der Waals surface area contributed by atoms with Gasteiger partial charge >= 0.3 is 0 Å². The van der Waals surface area contributed by atoms with E-state index in [9.17, 15) is 0 Å². The van der Waals surface area contributed by atoms with Gasteiger partial charge in [-0.05, 0) is 22.5 Å². The van der Waals surface area contributed by atoms with Crippen molar-refractivity contribution in [3.8, 4) is 0 Å². The third kappa shape index (κ3) is 6.06. The van der Waals surface area contributed by atoms with Gasteiger partial charge in [0, 0.05) is 38.9 Å². The summed E-state index contributed by atoms with van der Waals surface area (Å²) in [6.45, 7) is 20.3. The van der Waals surface area contributed by atoms with Gasteiger partial charge in [-0.2, -0.15) is 0 Å². The van der Waals surface area contributed by atoms with Crippen LogP contribution in [0.5, 0.6) is 0 Å². The van der Waals surface area contributed by atoms with Gasteiger partial charge in [0.2, 0.25) is 0 Å². The lowest BCUT2D eigenvalue weighted by Gasteiger charge is -2.35. The maximum atomic E-state index is 5.79. The average molecular weight is 334 g/mol. The summed E-state index contributed by atoms with van der Waals surface area (Å²) < 4.78 is 5.79. The number of pyridine rings is 1. The van der Waals surface area contributed by atoms with E-state index in [1.807, 2.05) is 6.20 Å². The van der Waals surface area contributed by atoms with Crippen molar-refractivity contribution >= 4 is 5.82 Å². The quantitative estimate of drug-likeness (QED) is 0.770. The van der Waals surface area contributed by atoms with Gasteiger partial charge in [-0.3, -0.25) is 4.90 Å². The molecule has 1 saturated heterocycles. The Bertz CT molecular complexity index is 491. The monoisotopic (exact) mass is 333 g/mol. The molecule has 0 N–H and O–H groups in total. The molecule has 0 radical (unpaired) electrons. The highest BCUT2D eigenvalue weighted by Gasteiger charge is 2.19. The second kappa shape index (κ2) is 7.83. The van der Waals surface area contributed by atoms with Crippen LogP contribution in [0.4, 0.5) is 5.82 Å². The molecule has 0 saturated carbocycles. The van der Waals surface area contributed by atoms with E-state index >= 15 is 0 Å². The van der Waals surface area contributed by atoms with Gasteiger partial charge in [0.05, 0.1) is 13.2 Å². The topological polar surface area (TPSA) is 28.6 Å². The third-order valence-electron chi connectivity index (χ3n) is 4.40. The van der Waals surface area contributed by atoms with Gasteiger partial charge in [0.25, 0.3) is 0 Å². The van der Waals surface area contributed by atoms with Crippen molar-refractivity contribution in [2.24, 2.45) is 5.41 Å². The normalized spacial score (nSPS) is 17.3. The number of hydrogen-bond donors (Lipinski definition) is 0. The lowest BCUT2D eigenvalue weighted by atomic mass is 9.88. The fourth-order valence-corrected chi connectivity index (χ4v) is 2.79. The molecule has 0 unspecified atom stereocenters. The number of ether oxygens (including phenoxy) is 1. The second-order valence-electron chi connectivity index (χ2n) is 9.10. The van der Waals surface area contributed by atoms with Crippen LogP contribution in [0, 0.1) is 5.41 Å². The van der Waals surface area contributed by atoms with Gasteiger partial charge in [0.1, 0.15) is 5.82 Å². The van der Waals surface area contributed by atoms with Crippen molar-refractivity contribution in [1.29, 1.82) is 0 Å². The molecule has 2 heterocycles. The van der Waals surface area contributed by atoms with Crippen LogP contribution >= 0.6 is 0 Å². The summed E-state index contributed by atoms with van der Waals surface area (Å²) in [7, 11) is 0. The number of hydrogen-bond acceptors (Lipinski definition) is 4. The van der Waals surface area contributed by atoms with E-state index in [0.717, 1.165) is 51.8 Å². The van der Waals surface area contributed by atoms with Gasteiger partial charge < -0.3 is 9.64 Å². The van der Waals surface area contributed by atoms with Crippen LogP contribution in [0.15, 0.2) is 18.3 Å². The zero-order valence-corrected chi connectivity index (χ0v) is 16.4. The fourth-order valence-electron chi connectivity index (χ4n) is 2.79. The summed E-state index contributed by atoms with van der Waals surface area (Å²) in [5.74, 6) is 1.10. The largest absolute Gasteiger partial charge is 0.380 e. The van der Waals surface area contributed by atoms with Crippen molar-refractivity contribution in [3.05, 3.63) is 23.9 Å². The number of piperazine rings is 1. The summed E-state index contributed by atoms with van der Waals surface area (Å²) in [4.78, 5) is 9.56. The molecule has 0 bridgehead atoms. The smallest absolute Gasteiger partial charge is 0.128 e. The van der Waals surface area contributed by atoms with Gasteiger partial charge in [-0.15, -0.1) is 0 Å². The molecule has 1 aromatic rings. The summed E-state index contributed by atoms with van der Waals surface area (Å²) in [5, 5.41) is 0. The highest BCUT2D eigenvalue weighted by Crippen LogP contribution is 2.23. The first kappa shape index (κ1) is 19.2. The molecular formula is C20H35N3O. The number of nitrogens with zero attached hydrogens (tertiary/aromatic N) is 3. The Hall–Kier alpha value is -1.13. The van der Waals surface area contributed by atoms with E-state index < -0.39 is 0 Å². The molecule has 1 aromatic heterocycles. The minimum absolute atomic E-state index is 0.164. The van der Waals surface area contributed by atoms with Crippen molar-refractivity contribution in [2.45, 2.75) is 47.0 Å². The molecule has 2 rings (SSSR count). The molecule has 1 aliphatic heterocycles. The van der Waals surface area contributed by atoms with Gasteiger partial charge in [-0.25, -0.2) is 4.98 Å². The van der Waals surface area contributed by atoms with E-state index in [4.69, 9.17) is 4.74 Å². The lowest BCUT2D eigenvalue weighted by molar-refractivity contribution is 0.0537. The van der Waals surface area contributed by atoms with E-state index in [1.165, 1.54) is 5.56 Å². The molecule has 0 aliphatic carbocycles. The Balaban J connectivity index is 1.74. The van der Waals surface area contributed by atoms with Crippen LogP contribution in [0.25, 0.3) is 0 Å². The lowest BCUT2D eigenvalue weighted by Crippen LogP contribution is -2.47. The van der Waals surface area contributed by atoms with Crippen LogP contribution in [0.1, 0.15) is 47.1 Å². The van der Waals surface area contributed by atoms with Crippen LogP contribution in [-0.4, -0.2) is 55.8 Å². The Kier molecular flexibility index (Phi) is 6.27. The Morgan fingerprint density at radius 2 is 1.67 bits per heavy atom. The molecule has 0 atom stereocenters. The highest BCUT2D eigenvalue weighted by atomic mass is 16.5. The Labute approximate surface area is 148 Å². The van der Waals surface area contributed by atoms with Crippen LogP contribution in [0.3, 0.4) is 0 Å². The second-order valence-corrected chi connectivity index (χ2v) is 9.10. The maximum absolute atomic E-state index is 5.79. The molecule has 4 nitrogen and oxygen atoms in total. The van der Waals surface area contributed by atoms with Gasteiger partial charge in [-0.1, -0.05) is 47.6 Å². The minimum atomic E-state index is 0.164. The molecule has 0 aromatic carbocycles. The average Bonchev–Trinajstić information content (AvgIpc) is 2.51. The third-order valence-corrected chi connectivity index (χ3v) is 4.40. The number of rotatable bonds is 5. The van der Waals surface area contributed by atoms with E-state index in [1.54, 1.807) is 0 Å². The predicted octanol–water partition coefficient (Wildman–Crippen LogP) is 3.56. The van der Waals surface area contributed by atoms with Crippen LogP contribution < -0.4 is 4.90 Å². The van der Waals surface area contributed by atoms with E-state index in [0.29, 0.717) is 0 Å². The first-order valence-electron chi connectivity index (χ1n) is 9.17. The minimum Gasteiger partial charge on any atom is -0.380 e. The summed E-state index contributed by atoms with van der Waals surface area (Å²) in [6, 6.07) is 4.39. The molecule has 24 heavy (non-hydrogen) atoms. The molecule has 4 heteroatoms. The molecule has 1 aliphatic rings. The zero-order valence-electron chi connectivity index (χ0n) is 16.4. The van der Waals surface area contributed by atoms with Crippen molar-refractivity contribution in [1.82, 2.24) is 9.88 Å². The van der Waals surface area contributed by atoms with E-state index in [2.05, 4.69) is 68.5 Å². The van der Waals surface area contributed by atoms with Gasteiger partial charge in [0.15, 0.2) is 0 Å². The number of aromatic nitrogens is 1. The highest BCUT2D eigenvalue weighted by molar-refractivity contribution is 5.41. The summed E-state index contributed by atoms with van der Waals surface area (Å²) in [6.07, 6.45) is 2.03. The predicted molar refractivity (Wildman–Crippen MR) is 102 cm³/mol. The summed E-state index contributed by atoms with van der Waals surface area (Å²) in [5.41, 5.74) is 1.71. The molecule has 136 valence electrons. The SMILES string of the molecule is CC(C)(C)COCCN1CCN(c2ccc(C(C)(C)C)cn2)CC1. The molecule has 0 spiro atoms. The van der Waals surface area contributed by atoms with Crippen LogP contribution in [-0.2, 0) is 10.2 Å². The standard InChI is InChI=1S/C20H35N3O/c1-19(2,3)16-24-14-13-22-9-11-23(12-10-22)18-8-7-17(15-21-18)20(4,5)6/h7-8,15H,9-14,16H2,1-6H3. The maximum Gasteiger partial charge on any atom is 0.128 e. The molecule has 1 fully saturated rings. The first-order chi connectivity index (χ1) is 11.1. The first-order valence-corrected chi connectivity index (χ1v) is 9.17. The van der Waals surface area contributed by atoms with Crippen LogP contribution in [0.2, 0.25) is 0 Å². The Morgan fingerprint density at radius 1 is 1.00 bits per heavy atom. The Morgan fingerprint density at radius 3 is 2.17 bits per heavy atom. The van der Waals surface area contributed by atoms with Crippen molar-refractivity contribution in [3.63, 3.8) is 0 Å². The fraction of sp³-hybridized carbons (Fsp3) is 0.750. The van der Waals surface area contributed by atoms with E-state index in [-0.39, 0.29) is 10.8 Å². The zero-order chi connectivity index (χ0) is 17.8. The van der Waals surface area contributed by atoms with Crippen molar-refractivity contribution in [2.75, 3.05) is 50.8 Å². The van der Waals surface area contributed by atoms with Crippen molar-refractivity contribution < 1.29 is 4.74 Å².